The number of amides is 1. The topological polar surface area (TPSA) is 146 Å². The minimum atomic E-state index is -1.46. The zero-order chi connectivity index (χ0) is 59.4. The minimum Gasteiger partial charge on any atom is -0.793 e. The van der Waals surface area contributed by atoms with Gasteiger partial charge in [-0.25, -0.2) is 19.4 Å². The maximum atomic E-state index is 12.5. The number of rotatable bonds is 3. The van der Waals surface area contributed by atoms with Gasteiger partial charge in [0.25, 0.3) is 0 Å². The molecule has 2 heterocycles. The van der Waals surface area contributed by atoms with Crippen LogP contribution < -0.4 is 48.4 Å². The third kappa shape index (κ3) is 28.0. The number of aliphatic imine (C=N–C) groups is 1. The largest absolute Gasteiger partial charge is 1.00 e. The first-order valence-electron chi connectivity index (χ1n) is 29.8. The first-order chi connectivity index (χ1) is 37.1. The average Bonchev–Trinajstić information content (AvgIpc) is 4.25. The Morgan fingerprint density at radius 3 is 1.43 bits per heavy atom. The molecule has 0 aromatic carbocycles. The molecule has 1 unspecified atom stereocenters. The first kappa shape index (κ1) is 81.8. The third-order valence-electron chi connectivity index (χ3n) is 16.9. The van der Waals surface area contributed by atoms with Crippen molar-refractivity contribution in [2.24, 2.45) is 38.0 Å². The van der Waals surface area contributed by atoms with Gasteiger partial charge in [-0.3, -0.25) is 24.2 Å². The molecule has 4 spiro atoms. The summed E-state index contributed by atoms with van der Waals surface area (Å²) in [7, 11) is 1.73. The summed E-state index contributed by atoms with van der Waals surface area (Å²) < 4.78 is 5.82. The molecule has 11 nitrogen and oxygen atoms in total. The molecule has 9 aliphatic rings. The SMILES string of the molecule is C/C=C/C1(/C=C/C)CCCCC1=O.CC(=O)OOC(C)=O.CC1=NCCCC12CC=CC2.CC1CCCCC12CC=CC2.C[Si](C)(C)Cl.C[Si](C)(C)N1CCCC2(CC=CC2)C1=O.O=C1CCCCC12CC=CC2.[B-]OC(C)=O.[CH3-].[Li+].[Na+]. The van der Waals surface area contributed by atoms with Crippen LogP contribution in [0, 0.1) is 40.4 Å². The second-order valence-corrected chi connectivity index (χ2v) is 37.7. The molecule has 1 atom stereocenters. The summed E-state index contributed by atoms with van der Waals surface area (Å²) in [4.78, 5) is 77.2. The number of nitrogens with zero attached hydrogens (tertiary/aromatic N) is 2. The fourth-order valence-corrected chi connectivity index (χ4v) is 14.0. The van der Waals surface area contributed by atoms with E-state index in [-0.39, 0.29) is 72.1 Å². The molecule has 0 aromatic rings. The number of hydrogen-bond acceptors (Lipinski definition) is 10. The molecule has 0 N–H and O–H groups in total. The molecular formula is C65H107BClLiN2NaO9Si2. The van der Waals surface area contributed by atoms with Crippen molar-refractivity contribution in [3.05, 3.63) is 80.3 Å². The smallest absolute Gasteiger partial charge is 0.793 e. The molecule has 17 heteroatoms. The Bertz CT molecular complexity index is 2140. The van der Waals surface area contributed by atoms with Gasteiger partial charge in [-0.2, -0.15) is 11.1 Å². The summed E-state index contributed by atoms with van der Waals surface area (Å²) in [5.41, 5.74) is 2.38. The fourth-order valence-electron chi connectivity index (χ4n) is 12.3. The van der Waals surface area contributed by atoms with E-state index in [1.54, 1.807) is 0 Å². The Morgan fingerprint density at radius 2 is 1.02 bits per heavy atom. The van der Waals surface area contributed by atoms with E-state index in [1.807, 2.05) is 26.0 Å². The molecule has 0 bridgehead atoms. The summed E-state index contributed by atoms with van der Waals surface area (Å²) in [6, 6.07) is 0. The van der Waals surface area contributed by atoms with Crippen molar-refractivity contribution in [1.82, 2.24) is 4.57 Å². The van der Waals surface area contributed by atoms with Crippen LogP contribution in [0.4, 0.5) is 0 Å². The molecule has 3 radical (unpaired) electrons. The van der Waals surface area contributed by atoms with Gasteiger partial charge in [-0.05, 0) is 141 Å². The number of Topliss-reactive ketones (excluding diaryl/α,β-unsaturated/α-hetero) is 2. The maximum Gasteiger partial charge on any atom is 1.00 e. The zero-order valence-corrected chi connectivity index (χ0v) is 59.2. The normalized spacial score (nSPS) is 22.3. The van der Waals surface area contributed by atoms with Crippen molar-refractivity contribution < 1.29 is 91.6 Å². The predicted octanol–water partition coefficient (Wildman–Crippen LogP) is 10.8. The van der Waals surface area contributed by atoms with Crippen LogP contribution in [-0.4, -0.2) is 82.4 Å². The van der Waals surface area contributed by atoms with Crippen molar-refractivity contribution in [3.63, 3.8) is 0 Å². The van der Waals surface area contributed by atoms with Gasteiger partial charge in [0, 0.05) is 63.2 Å². The number of carbonyl (C=O) groups is 6. The van der Waals surface area contributed by atoms with Gasteiger partial charge in [0.1, 0.15) is 19.0 Å². The predicted molar refractivity (Wildman–Crippen MR) is 338 cm³/mol. The Kier molecular flexibility index (Phi) is 40.1. The molecule has 9 rings (SSSR count). The quantitative estimate of drug-likeness (QED) is 0.0673. The summed E-state index contributed by atoms with van der Waals surface area (Å²) in [6.07, 6.45) is 54.6. The molecule has 82 heavy (non-hydrogen) atoms. The van der Waals surface area contributed by atoms with Crippen LogP contribution >= 0.6 is 11.1 Å². The van der Waals surface area contributed by atoms with Crippen LogP contribution in [0.15, 0.2) is 77.9 Å². The second-order valence-electron chi connectivity index (χ2n) is 25.3. The Hall–Kier alpha value is -2.28. The molecule has 0 aromatic heterocycles. The van der Waals surface area contributed by atoms with Crippen molar-refractivity contribution in [2.45, 2.75) is 242 Å². The zero-order valence-electron chi connectivity index (χ0n) is 54.4. The second kappa shape index (κ2) is 40.2. The van der Waals surface area contributed by atoms with Gasteiger partial charge in [0.2, 0.25) is 11.9 Å². The van der Waals surface area contributed by atoms with Crippen molar-refractivity contribution in [3.8, 4) is 0 Å². The molecule has 1 saturated heterocycles. The standard InChI is InChI=1S/C12H21NOSi.C12H18O.C11H18.C10H15N.C10H14O.C4H6O4.C3H9ClSi.C2H3BO2.CH3.Li.Na/c1-15(2,3)13-10-6-9-12(11(13)14)7-4-5-8-12;1-3-8-12(9-4-2)10-6-5-7-11(12)13;1-10-6-2-3-7-11(10)8-4-5-9-11;1-9-10(5-2-3-6-10)7-4-8-11-9;11-9-5-1-2-6-10(9)7-3-4-8-10;1-3(5)7-8-4(2)6;1-5(2,3)4;1-2(4)5-3;;;/h4-5H,6-10H2,1-3H3;3-4,8-9H,5-7,10H2,1-2H3;4-5,10H,2-3,6-9H2,1H3;2-3H,4-8H2,1H3;3-4H,1-2,5-8H2;1-2H3;1-3H3;1H3;1H3;;/q;;;;;;;2*-1;2*+1/b;8-3+,9-4+;;;;;;;;;. The van der Waals surface area contributed by atoms with Gasteiger partial charge in [-0.1, -0.05) is 151 Å². The summed E-state index contributed by atoms with van der Waals surface area (Å²) in [5.74, 6) is 0.582. The van der Waals surface area contributed by atoms with Crippen LogP contribution in [-0.2, 0) is 43.2 Å². The number of carbonyl (C=O) groups excluding carboxylic acids is 6. The molecule has 7 aliphatic carbocycles. The Morgan fingerprint density at radius 1 is 0.622 bits per heavy atom. The third-order valence-corrected chi connectivity index (χ3v) is 18.9. The number of piperidine rings is 1. The average molecular weight is 1190 g/mol. The van der Waals surface area contributed by atoms with Crippen LogP contribution in [0.1, 0.15) is 203 Å². The van der Waals surface area contributed by atoms with Gasteiger partial charge in [-0.15, -0.1) is 0 Å². The van der Waals surface area contributed by atoms with Crippen LogP contribution in [0.25, 0.3) is 0 Å². The summed E-state index contributed by atoms with van der Waals surface area (Å²) in [6.45, 7) is 27.3. The number of allylic oxidation sites excluding steroid dienone is 12. The summed E-state index contributed by atoms with van der Waals surface area (Å²) >= 11 is 5.67. The van der Waals surface area contributed by atoms with Gasteiger partial charge >= 0.3 is 60.4 Å². The number of hydrogen-bond donors (Lipinski definition) is 0. The number of halogens is 1. The van der Waals surface area contributed by atoms with E-state index in [1.165, 1.54) is 96.1 Å². The van der Waals surface area contributed by atoms with Crippen LogP contribution in [0.3, 0.4) is 0 Å². The van der Waals surface area contributed by atoms with Crippen LogP contribution in [0.5, 0.6) is 0 Å². The number of ketones is 2. The van der Waals surface area contributed by atoms with Crippen molar-refractivity contribution in [1.29, 1.82) is 0 Å². The molecule has 1 amide bonds. The van der Waals surface area contributed by atoms with Gasteiger partial charge < -0.3 is 24.7 Å². The Labute approximate surface area is 541 Å². The van der Waals surface area contributed by atoms with E-state index in [0.717, 1.165) is 109 Å². The van der Waals surface area contributed by atoms with E-state index in [2.05, 4.69) is 146 Å². The first-order valence-corrected chi connectivity index (χ1v) is 37.8. The van der Waals surface area contributed by atoms with E-state index in [4.69, 9.17) is 11.1 Å². The molecule has 3 saturated carbocycles. The molecule has 2 aliphatic heterocycles. The maximum absolute atomic E-state index is 12.5. The van der Waals surface area contributed by atoms with Crippen LogP contribution in [0.2, 0.25) is 39.3 Å². The van der Waals surface area contributed by atoms with Crippen molar-refractivity contribution in [2.75, 3.05) is 13.1 Å². The summed E-state index contributed by atoms with van der Waals surface area (Å²) in [5, 5.41) is 0. The minimum absolute atomic E-state index is 0. The van der Waals surface area contributed by atoms with E-state index in [9.17, 15) is 28.8 Å². The molecular weight excluding hydrogens is 1090 g/mol. The molecule has 451 valence electrons. The van der Waals surface area contributed by atoms with Gasteiger partial charge in [0.15, 0.2) is 8.24 Å². The van der Waals surface area contributed by atoms with E-state index < -0.39 is 33.5 Å². The molecule has 4 fully saturated rings. The van der Waals surface area contributed by atoms with Gasteiger partial charge in [0.05, 0.1) is 10.8 Å². The fraction of sp³-hybridized carbons (Fsp3) is 0.692. The van der Waals surface area contributed by atoms with Crippen molar-refractivity contribution >= 4 is 75.8 Å². The Balaban J connectivity index is 0. The van der Waals surface area contributed by atoms with E-state index in [0.29, 0.717) is 22.9 Å². The van der Waals surface area contributed by atoms with E-state index >= 15 is 0 Å². The monoisotopic (exact) mass is 1190 g/mol.